The lowest BCUT2D eigenvalue weighted by Crippen LogP contribution is -2.63. The SMILES string of the molecule is CC[C@@H](C(=O)[C@@H](C)[C@@H](O)[C@H](C)[C@@H]1O[C@@H]([C@@H](CC)C(=O)O)CC[C@@H]1C)[C@H]1O[C@]2(C=C[C@@H](OC(=O)Cn3cc(C(=O)O)nn3)[C@]3(CC[C@@](C)([C@H]4CC[C@](O)(CC)[C@H](C)O4)O3)O2)[C@H](C)C[C@@H]1C. The molecule has 1 aromatic rings. The van der Waals surface area contributed by atoms with Gasteiger partial charge in [0.15, 0.2) is 17.6 Å². The summed E-state index contributed by atoms with van der Waals surface area (Å²) in [5, 5.41) is 49.6. The van der Waals surface area contributed by atoms with Gasteiger partial charge in [0, 0.05) is 30.1 Å². The van der Waals surface area contributed by atoms with Crippen LogP contribution in [0.4, 0.5) is 0 Å². The molecule has 0 aromatic carbocycles. The minimum absolute atomic E-state index is 0.0600. The fourth-order valence-electron chi connectivity index (χ4n) is 11.4. The van der Waals surface area contributed by atoms with Crippen molar-refractivity contribution in [3.05, 3.63) is 24.0 Å². The average molecular weight is 904 g/mol. The summed E-state index contributed by atoms with van der Waals surface area (Å²) in [6.45, 7) is 18.8. The number of aliphatic hydroxyl groups is 2. The summed E-state index contributed by atoms with van der Waals surface area (Å²) in [6, 6.07) is 0. The van der Waals surface area contributed by atoms with Crippen molar-refractivity contribution < 1.29 is 68.0 Å². The van der Waals surface area contributed by atoms with Gasteiger partial charge in [-0.1, -0.05) is 60.6 Å². The molecule has 2 spiro atoms. The summed E-state index contributed by atoms with van der Waals surface area (Å²) in [5.41, 5.74) is -2.22. The second-order valence-electron chi connectivity index (χ2n) is 20.0. The number of aromatic nitrogens is 3. The molecule has 0 radical (unpaired) electrons. The number of hydrogen-bond donors (Lipinski definition) is 4. The average Bonchev–Trinajstić information content (AvgIpc) is 3.86. The van der Waals surface area contributed by atoms with Gasteiger partial charge >= 0.3 is 17.9 Å². The van der Waals surface area contributed by atoms with E-state index in [9.17, 15) is 39.6 Å². The van der Waals surface area contributed by atoms with Crippen LogP contribution in [0.3, 0.4) is 0 Å². The summed E-state index contributed by atoms with van der Waals surface area (Å²) >= 11 is 0. The molecular weight excluding hydrogens is 831 g/mol. The van der Waals surface area contributed by atoms with Gasteiger partial charge in [-0.05, 0) is 95.6 Å². The van der Waals surface area contributed by atoms with E-state index in [4.69, 9.17) is 28.4 Å². The summed E-state index contributed by atoms with van der Waals surface area (Å²) in [5.74, 6) is -8.87. The fourth-order valence-corrected chi connectivity index (χ4v) is 11.4. The molecule has 360 valence electrons. The van der Waals surface area contributed by atoms with Gasteiger partial charge in [-0.25, -0.2) is 9.48 Å². The van der Waals surface area contributed by atoms with Gasteiger partial charge in [0.1, 0.15) is 12.3 Å². The number of ether oxygens (including phenoxy) is 6. The smallest absolute Gasteiger partial charge is 0.358 e. The van der Waals surface area contributed by atoms with E-state index in [1.165, 1.54) is 0 Å². The molecule has 6 rings (SSSR count). The van der Waals surface area contributed by atoms with Crippen LogP contribution in [0.15, 0.2) is 18.3 Å². The summed E-state index contributed by atoms with van der Waals surface area (Å²) in [7, 11) is 0. The molecule has 0 aliphatic carbocycles. The van der Waals surface area contributed by atoms with E-state index >= 15 is 0 Å². The van der Waals surface area contributed by atoms with E-state index in [2.05, 4.69) is 10.3 Å². The minimum Gasteiger partial charge on any atom is -0.481 e. The van der Waals surface area contributed by atoms with Crippen LogP contribution in [0.25, 0.3) is 0 Å². The van der Waals surface area contributed by atoms with E-state index in [-0.39, 0.29) is 35.7 Å². The molecule has 0 amide bonds. The quantitative estimate of drug-likeness (QED) is 0.115. The number of aromatic carboxylic acids is 1. The first-order chi connectivity index (χ1) is 30.1. The molecule has 5 aliphatic heterocycles. The van der Waals surface area contributed by atoms with Crippen molar-refractivity contribution in [2.75, 3.05) is 0 Å². The summed E-state index contributed by atoms with van der Waals surface area (Å²) in [6.07, 6.45) is 5.16. The lowest BCUT2D eigenvalue weighted by Gasteiger charge is -2.54. The van der Waals surface area contributed by atoms with Crippen LogP contribution in [0.2, 0.25) is 0 Å². The predicted molar refractivity (Wildman–Crippen MR) is 229 cm³/mol. The summed E-state index contributed by atoms with van der Waals surface area (Å²) in [4.78, 5) is 51.7. The Bertz CT molecular complexity index is 1880. The van der Waals surface area contributed by atoms with Crippen molar-refractivity contribution in [2.45, 2.75) is 205 Å². The zero-order valence-electron chi connectivity index (χ0n) is 39.3. The van der Waals surface area contributed by atoms with Crippen LogP contribution in [-0.2, 0) is 49.3 Å². The predicted octanol–water partition coefficient (Wildman–Crippen LogP) is 5.73. The molecule has 0 bridgehead atoms. The molecule has 6 heterocycles. The normalized spacial score (nSPS) is 40.1. The van der Waals surface area contributed by atoms with Gasteiger partial charge in [0.2, 0.25) is 5.79 Å². The first-order valence-electron chi connectivity index (χ1n) is 23.6. The number of Topliss-reactive ketones (excluding diaryl/α,β-unsaturated/α-hetero) is 1. The van der Waals surface area contributed by atoms with E-state index in [0.29, 0.717) is 51.4 Å². The largest absolute Gasteiger partial charge is 0.481 e. The van der Waals surface area contributed by atoms with Crippen LogP contribution in [0.1, 0.15) is 144 Å². The molecule has 64 heavy (non-hydrogen) atoms. The highest BCUT2D eigenvalue weighted by Gasteiger charge is 2.64. The standard InChI is InChI=1S/C47H73N3O14/c1-11-31(42(54)55)34-15-14-25(4)40(60-34)29(8)38(52)28(7)39(53)32(12-2)41-26(5)22-27(6)46(62-41)19-17-36(61-37(51)24-50-23-33(43(56)57)48-49-50)47(64-46)21-20-44(10,63-47)35-16-18-45(58,13-3)30(9)59-35/h17,19,23,25-32,34-36,38,40-41,52,58H,11-16,18,20-22,24H2,1-10H3,(H,54,55)(H,56,57)/t25-,26-,27+,28-,29-,30-,31+,32-,34+,35+,36+,38+,40+,41-,44-,45+,46-,47-/m0/s1. The maximum Gasteiger partial charge on any atom is 0.358 e. The van der Waals surface area contributed by atoms with Crippen LogP contribution in [0.5, 0.6) is 0 Å². The molecule has 4 fully saturated rings. The minimum atomic E-state index is -1.57. The zero-order valence-corrected chi connectivity index (χ0v) is 39.3. The van der Waals surface area contributed by atoms with Crippen molar-refractivity contribution in [3.63, 3.8) is 0 Å². The van der Waals surface area contributed by atoms with Gasteiger partial charge < -0.3 is 48.8 Å². The number of aliphatic carboxylic acids is 1. The number of carboxylic acid groups (broad SMARTS) is 2. The van der Waals surface area contributed by atoms with E-state index in [1.807, 2.05) is 62.3 Å². The second-order valence-corrected chi connectivity index (χ2v) is 20.0. The van der Waals surface area contributed by atoms with Crippen molar-refractivity contribution in [3.8, 4) is 0 Å². The number of carbonyl (C=O) groups is 4. The number of carbonyl (C=O) groups excluding carboxylic acids is 2. The number of aliphatic hydroxyl groups excluding tert-OH is 1. The van der Waals surface area contributed by atoms with Crippen LogP contribution in [0, 0.1) is 41.4 Å². The monoisotopic (exact) mass is 904 g/mol. The third-order valence-electron chi connectivity index (χ3n) is 15.7. The number of rotatable bonds is 16. The highest BCUT2D eigenvalue weighted by molar-refractivity contribution is 5.85. The van der Waals surface area contributed by atoms with Crippen molar-refractivity contribution in [2.24, 2.45) is 41.4 Å². The Morgan fingerprint density at radius 3 is 2.23 bits per heavy atom. The third-order valence-corrected chi connectivity index (χ3v) is 15.7. The lowest BCUT2D eigenvalue weighted by molar-refractivity contribution is -0.409. The highest BCUT2D eigenvalue weighted by Crippen LogP contribution is 2.54. The molecule has 17 heteroatoms. The van der Waals surface area contributed by atoms with E-state index < -0.39 is 114 Å². The number of hydrogen-bond acceptors (Lipinski definition) is 14. The third kappa shape index (κ3) is 9.73. The van der Waals surface area contributed by atoms with Crippen LogP contribution >= 0.6 is 0 Å². The first-order valence-corrected chi connectivity index (χ1v) is 23.6. The molecule has 1 aromatic heterocycles. The Hall–Kier alpha value is -3.32. The Balaban J connectivity index is 1.25. The van der Waals surface area contributed by atoms with Crippen molar-refractivity contribution in [1.29, 1.82) is 0 Å². The first kappa shape index (κ1) is 50.1. The van der Waals surface area contributed by atoms with Crippen molar-refractivity contribution >= 4 is 23.7 Å². The maximum atomic E-state index is 14.7. The van der Waals surface area contributed by atoms with Gasteiger partial charge in [-0.2, -0.15) is 0 Å². The lowest BCUT2D eigenvalue weighted by atomic mass is 9.72. The topological polar surface area (TPSA) is 235 Å². The number of carboxylic acids is 2. The Morgan fingerprint density at radius 1 is 0.922 bits per heavy atom. The number of esters is 1. The molecule has 0 unspecified atom stereocenters. The van der Waals surface area contributed by atoms with E-state index in [1.54, 1.807) is 19.1 Å². The number of ketones is 1. The molecule has 17 nitrogen and oxygen atoms in total. The Morgan fingerprint density at radius 2 is 1.62 bits per heavy atom. The molecular formula is C47H73N3O14. The van der Waals surface area contributed by atoms with Gasteiger partial charge in [0.05, 0.1) is 59.9 Å². The highest BCUT2D eigenvalue weighted by atomic mass is 16.8. The molecule has 0 saturated carbocycles. The van der Waals surface area contributed by atoms with Crippen LogP contribution in [-0.4, -0.2) is 125 Å². The van der Waals surface area contributed by atoms with Crippen LogP contribution < -0.4 is 0 Å². The van der Waals surface area contributed by atoms with Gasteiger partial charge in [-0.3, -0.25) is 14.4 Å². The van der Waals surface area contributed by atoms with Gasteiger partial charge in [0.25, 0.3) is 0 Å². The summed E-state index contributed by atoms with van der Waals surface area (Å²) < 4.78 is 41.4. The fraction of sp³-hybridized carbons (Fsp3) is 0.830. The zero-order chi connectivity index (χ0) is 47.1. The van der Waals surface area contributed by atoms with Gasteiger partial charge in [-0.15, -0.1) is 5.10 Å². The molecule has 5 aliphatic rings. The Kier molecular flexibility index (Phi) is 15.3. The van der Waals surface area contributed by atoms with Crippen molar-refractivity contribution in [1.82, 2.24) is 15.0 Å². The molecule has 4 saturated heterocycles. The number of nitrogens with zero attached hydrogens (tertiary/aromatic N) is 3. The second kappa shape index (κ2) is 19.5. The maximum absolute atomic E-state index is 14.7. The van der Waals surface area contributed by atoms with E-state index in [0.717, 1.165) is 17.3 Å². The molecule has 18 atom stereocenters. The molecule has 4 N–H and O–H groups in total. The Labute approximate surface area is 376 Å².